The maximum Gasteiger partial charge on any atom is 0.0427 e. The molecule has 1 heterocycles. The lowest BCUT2D eigenvalue weighted by molar-refractivity contribution is 0.185. The molecule has 1 aromatic rings. The van der Waals surface area contributed by atoms with E-state index in [0.29, 0.717) is 6.04 Å². The molecular formula is C12H17ClN2. The first kappa shape index (κ1) is 10.9. The highest BCUT2D eigenvalue weighted by Gasteiger charge is 2.23. The fraction of sp³-hybridized carbons (Fsp3) is 0.500. The quantitative estimate of drug-likeness (QED) is 0.795. The first-order valence-electron chi connectivity index (χ1n) is 5.36. The van der Waals surface area contributed by atoms with Crippen molar-refractivity contribution in [1.82, 2.24) is 4.90 Å². The molecule has 2 rings (SSSR count). The summed E-state index contributed by atoms with van der Waals surface area (Å²) in [4.78, 5) is 2.38. The topological polar surface area (TPSA) is 29.3 Å². The molecule has 3 heteroatoms. The number of nitrogens with two attached hydrogens (primary N) is 1. The molecule has 1 aliphatic rings. The smallest absolute Gasteiger partial charge is 0.0427 e. The van der Waals surface area contributed by atoms with Gasteiger partial charge in [-0.05, 0) is 37.1 Å². The molecule has 0 aliphatic carbocycles. The number of fused-ring (bicyclic) bond motifs is 1. The van der Waals surface area contributed by atoms with E-state index in [1.54, 1.807) is 0 Å². The second-order valence-electron chi connectivity index (χ2n) is 4.47. The minimum absolute atomic E-state index is 0.119. The fourth-order valence-corrected chi connectivity index (χ4v) is 2.30. The van der Waals surface area contributed by atoms with E-state index in [1.165, 1.54) is 11.1 Å². The number of rotatable bonds is 1. The van der Waals surface area contributed by atoms with Crippen molar-refractivity contribution in [2.24, 2.45) is 5.73 Å². The number of nitrogens with zero attached hydrogens (tertiary/aromatic N) is 1. The Morgan fingerprint density at radius 2 is 2.20 bits per heavy atom. The Kier molecular flexibility index (Phi) is 3.01. The van der Waals surface area contributed by atoms with Crippen molar-refractivity contribution < 1.29 is 0 Å². The SMILES string of the molecule is CC(C)N1Cc2cc(Cl)ccc2C(N)C1. The molecule has 0 amide bonds. The Labute approximate surface area is 96.0 Å². The van der Waals surface area contributed by atoms with Crippen molar-refractivity contribution >= 4 is 11.6 Å². The third-order valence-corrected chi connectivity index (χ3v) is 3.27. The van der Waals surface area contributed by atoms with Crippen LogP contribution in [0.5, 0.6) is 0 Å². The molecule has 1 unspecified atom stereocenters. The van der Waals surface area contributed by atoms with Crippen LogP contribution in [0.2, 0.25) is 5.02 Å². The summed E-state index contributed by atoms with van der Waals surface area (Å²) in [6.07, 6.45) is 0. The minimum atomic E-state index is 0.119. The summed E-state index contributed by atoms with van der Waals surface area (Å²) in [6.45, 7) is 6.29. The van der Waals surface area contributed by atoms with E-state index in [-0.39, 0.29) is 6.04 Å². The molecule has 0 aromatic heterocycles. The van der Waals surface area contributed by atoms with Gasteiger partial charge >= 0.3 is 0 Å². The third kappa shape index (κ3) is 2.17. The number of hydrogen-bond donors (Lipinski definition) is 1. The van der Waals surface area contributed by atoms with Crippen LogP contribution in [0.1, 0.15) is 31.0 Å². The molecule has 0 fully saturated rings. The van der Waals surface area contributed by atoms with Crippen LogP contribution < -0.4 is 5.73 Å². The maximum absolute atomic E-state index is 6.14. The van der Waals surface area contributed by atoms with Crippen LogP contribution in [0.4, 0.5) is 0 Å². The summed E-state index contributed by atoms with van der Waals surface area (Å²) in [5.41, 5.74) is 8.66. The van der Waals surface area contributed by atoms with Gasteiger partial charge in [-0.25, -0.2) is 0 Å². The largest absolute Gasteiger partial charge is 0.323 e. The van der Waals surface area contributed by atoms with Crippen LogP contribution >= 0.6 is 11.6 Å². The Balaban J connectivity index is 2.33. The van der Waals surface area contributed by atoms with E-state index in [1.807, 2.05) is 12.1 Å². The van der Waals surface area contributed by atoms with Crippen molar-refractivity contribution in [2.45, 2.75) is 32.5 Å². The summed E-state index contributed by atoms with van der Waals surface area (Å²) in [5, 5.41) is 0.798. The molecule has 2 nitrogen and oxygen atoms in total. The van der Waals surface area contributed by atoms with Crippen molar-refractivity contribution in [2.75, 3.05) is 6.54 Å². The van der Waals surface area contributed by atoms with Crippen molar-refractivity contribution in [1.29, 1.82) is 0 Å². The first-order chi connectivity index (χ1) is 7.08. The van der Waals surface area contributed by atoms with Crippen molar-refractivity contribution in [3.63, 3.8) is 0 Å². The van der Waals surface area contributed by atoms with Gasteiger partial charge in [0.15, 0.2) is 0 Å². The predicted molar refractivity (Wildman–Crippen MR) is 63.9 cm³/mol. The zero-order valence-corrected chi connectivity index (χ0v) is 9.96. The minimum Gasteiger partial charge on any atom is -0.323 e. The summed E-state index contributed by atoms with van der Waals surface area (Å²) >= 11 is 5.99. The molecular weight excluding hydrogens is 208 g/mol. The molecule has 0 spiro atoms. The van der Waals surface area contributed by atoms with Crippen LogP contribution in [-0.2, 0) is 6.54 Å². The van der Waals surface area contributed by atoms with Crippen LogP contribution in [0.15, 0.2) is 18.2 Å². The van der Waals surface area contributed by atoms with Gasteiger partial charge in [0, 0.05) is 30.2 Å². The molecule has 0 saturated heterocycles. The van der Waals surface area contributed by atoms with E-state index < -0.39 is 0 Å². The first-order valence-corrected chi connectivity index (χ1v) is 5.73. The zero-order valence-electron chi connectivity index (χ0n) is 9.20. The van der Waals surface area contributed by atoms with Gasteiger partial charge in [-0.2, -0.15) is 0 Å². The van der Waals surface area contributed by atoms with Gasteiger partial charge in [-0.15, -0.1) is 0 Å². The summed E-state index contributed by atoms with van der Waals surface area (Å²) in [5.74, 6) is 0. The normalized spacial score (nSPS) is 21.8. The van der Waals surface area contributed by atoms with Gasteiger partial charge < -0.3 is 5.73 Å². The maximum atomic E-state index is 6.14. The highest BCUT2D eigenvalue weighted by atomic mass is 35.5. The molecule has 0 radical (unpaired) electrons. The highest BCUT2D eigenvalue weighted by molar-refractivity contribution is 6.30. The highest BCUT2D eigenvalue weighted by Crippen LogP contribution is 2.28. The lowest BCUT2D eigenvalue weighted by Crippen LogP contribution is -2.40. The van der Waals surface area contributed by atoms with E-state index in [2.05, 4.69) is 24.8 Å². The van der Waals surface area contributed by atoms with Gasteiger partial charge in [0.1, 0.15) is 0 Å². The second-order valence-corrected chi connectivity index (χ2v) is 4.91. The average Bonchev–Trinajstić information content (AvgIpc) is 2.16. The summed E-state index contributed by atoms with van der Waals surface area (Å²) < 4.78 is 0. The van der Waals surface area contributed by atoms with Gasteiger partial charge in [-0.1, -0.05) is 17.7 Å². The molecule has 1 aliphatic heterocycles. The Morgan fingerprint density at radius 1 is 1.47 bits per heavy atom. The fourth-order valence-electron chi connectivity index (χ4n) is 2.10. The molecule has 1 atom stereocenters. The lowest BCUT2D eigenvalue weighted by Gasteiger charge is -2.35. The van der Waals surface area contributed by atoms with Gasteiger partial charge in [0.2, 0.25) is 0 Å². The Hall–Kier alpha value is -0.570. The molecule has 15 heavy (non-hydrogen) atoms. The van der Waals surface area contributed by atoms with Crippen LogP contribution in [0.3, 0.4) is 0 Å². The van der Waals surface area contributed by atoms with Gasteiger partial charge in [-0.3, -0.25) is 4.90 Å². The summed E-state index contributed by atoms with van der Waals surface area (Å²) in [7, 11) is 0. The molecule has 2 N–H and O–H groups in total. The average molecular weight is 225 g/mol. The molecule has 0 saturated carbocycles. The third-order valence-electron chi connectivity index (χ3n) is 3.04. The Morgan fingerprint density at radius 3 is 2.87 bits per heavy atom. The lowest BCUT2D eigenvalue weighted by atomic mass is 9.95. The predicted octanol–water partition coefficient (Wildman–Crippen LogP) is 2.56. The zero-order chi connectivity index (χ0) is 11.0. The number of hydrogen-bond acceptors (Lipinski definition) is 2. The standard InChI is InChI=1S/C12H17ClN2/c1-8(2)15-6-9-5-10(13)3-4-11(9)12(14)7-15/h3-5,8,12H,6-7,14H2,1-2H3. The molecule has 82 valence electrons. The van der Waals surface area contributed by atoms with Crippen molar-refractivity contribution in [3.8, 4) is 0 Å². The van der Waals surface area contributed by atoms with E-state index in [4.69, 9.17) is 17.3 Å². The van der Waals surface area contributed by atoms with Crippen LogP contribution in [0, 0.1) is 0 Å². The number of halogens is 1. The van der Waals surface area contributed by atoms with Crippen LogP contribution in [0.25, 0.3) is 0 Å². The summed E-state index contributed by atoms with van der Waals surface area (Å²) in [6, 6.07) is 6.66. The van der Waals surface area contributed by atoms with Gasteiger partial charge in [0.05, 0.1) is 0 Å². The molecule has 0 bridgehead atoms. The van der Waals surface area contributed by atoms with E-state index >= 15 is 0 Å². The second kappa shape index (κ2) is 4.12. The van der Waals surface area contributed by atoms with E-state index in [9.17, 15) is 0 Å². The van der Waals surface area contributed by atoms with Gasteiger partial charge in [0.25, 0.3) is 0 Å². The molecule has 1 aromatic carbocycles. The Bertz CT molecular complexity index is 363. The monoisotopic (exact) mass is 224 g/mol. The van der Waals surface area contributed by atoms with Crippen molar-refractivity contribution in [3.05, 3.63) is 34.3 Å². The van der Waals surface area contributed by atoms with Crippen LogP contribution in [-0.4, -0.2) is 17.5 Å². The number of benzene rings is 1. The van der Waals surface area contributed by atoms with E-state index in [0.717, 1.165) is 18.1 Å².